The molecule has 0 bridgehead atoms. The fourth-order valence-corrected chi connectivity index (χ4v) is 3.35. The molecular weight excluding hydrogens is 388 g/mol. The minimum absolute atomic E-state index is 0.168. The Kier molecular flexibility index (Phi) is 10.7. The quantitative estimate of drug-likeness (QED) is 0.215. The van der Waals surface area contributed by atoms with Crippen molar-refractivity contribution in [1.29, 1.82) is 0 Å². The zero-order valence-electron chi connectivity index (χ0n) is 18.0. The van der Waals surface area contributed by atoms with Crippen LogP contribution in [0.5, 0.6) is 0 Å². The average Bonchev–Trinajstić information content (AvgIpc) is 3.16. The molecule has 10 heteroatoms. The Morgan fingerprint density at radius 3 is 2.17 bits per heavy atom. The molecule has 0 spiro atoms. The van der Waals surface area contributed by atoms with Crippen LogP contribution in [0.1, 0.15) is 58.8 Å². The molecule has 0 heterocycles. The lowest BCUT2D eigenvalue weighted by molar-refractivity contribution is -0.133. The number of nitrogens with two attached hydrogens (primary N) is 2. The van der Waals surface area contributed by atoms with E-state index in [-0.39, 0.29) is 5.91 Å². The maximum Gasteiger partial charge on any atom is 0.243 e. The summed E-state index contributed by atoms with van der Waals surface area (Å²) in [6.07, 6.45) is 5.58. The van der Waals surface area contributed by atoms with Crippen molar-refractivity contribution in [3.63, 3.8) is 0 Å². The maximum absolute atomic E-state index is 12.5. The summed E-state index contributed by atoms with van der Waals surface area (Å²) in [6.45, 7) is 7.03. The van der Waals surface area contributed by atoms with E-state index in [0.717, 1.165) is 25.7 Å². The molecule has 0 aromatic heterocycles. The van der Waals surface area contributed by atoms with E-state index in [0.29, 0.717) is 37.5 Å². The van der Waals surface area contributed by atoms with Gasteiger partial charge in [0.25, 0.3) is 0 Å². The van der Waals surface area contributed by atoms with Gasteiger partial charge in [-0.3, -0.25) is 19.2 Å². The summed E-state index contributed by atoms with van der Waals surface area (Å²) in [5.41, 5.74) is 10.6. The summed E-state index contributed by atoms with van der Waals surface area (Å²) in [7, 11) is 0. The van der Waals surface area contributed by atoms with Crippen molar-refractivity contribution in [2.24, 2.45) is 17.4 Å². The molecule has 170 valence electrons. The van der Waals surface area contributed by atoms with E-state index < -0.39 is 35.8 Å². The van der Waals surface area contributed by atoms with Gasteiger partial charge in [-0.05, 0) is 45.4 Å². The van der Waals surface area contributed by atoms with Crippen molar-refractivity contribution >= 4 is 23.6 Å². The van der Waals surface area contributed by atoms with Gasteiger partial charge in [0.05, 0.1) is 5.82 Å². The van der Waals surface area contributed by atoms with Gasteiger partial charge in [-0.15, -0.1) is 0 Å². The van der Waals surface area contributed by atoms with Crippen LogP contribution in [0.2, 0.25) is 0 Å². The predicted molar refractivity (Wildman–Crippen MR) is 113 cm³/mol. The molecule has 0 aliphatic heterocycles. The van der Waals surface area contributed by atoms with E-state index in [1.54, 1.807) is 6.92 Å². The predicted octanol–water partition coefficient (Wildman–Crippen LogP) is -0.654. The van der Waals surface area contributed by atoms with Gasteiger partial charge in [0, 0.05) is 13.0 Å². The summed E-state index contributed by atoms with van der Waals surface area (Å²) in [4.78, 5) is 48.5. The van der Waals surface area contributed by atoms with E-state index >= 15 is 0 Å². The third-order valence-electron chi connectivity index (χ3n) is 5.16. The fraction of sp³-hybridized carbons (Fsp3) is 0.700. The Balaban J connectivity index is 2.61. The summed E-state index contributed by atoms with van der Waals surface area (Å²) >= 11 is 0. The van der Waals surface area contributed by atoms with Crippen molar-refractivity contribution in [3.05, 3.63) is 12.4 Å². The molecule has 1 rings (SSSR count). The maximum atomic E-state index is 12.5. The number of hydrogen-bond acceptors (Lipinski definition) is 6. The highest BCUT2D eigenvalue weighted by atomic mass is 16.2. The molecule has 1 aliphatic carbocycles. The van der Waals surface area contributed by atoms with Crippen LogP contribution >= 0.6 is 0 Å². The van der Waals surface area contributed by atoms with Gasteiger partial charge in [-0.2, -0.15) is 0 Å². The lowest BCUT2D eigenvalue weighted by Gasteiger charge is -2.23. The van der Waals surface area contributed by atoms with Crippen molar-refractivity contribution in [2.75, 3.05) is 6.54 Å². The van der Waals surface area contributed by atoms with Crippen LogP contribution in [-0.4, -0.2) is 48.3 Å². The van der Waals surface area contributed by atoms with E-state index in [1.807, 2.05) is 0 Å². The molecule has 0 aromatic rings. The lowest BCUT2D eigenvalue weighted by Crippen LogP contribution is -2.55. The highest BCUT2D eigenvalue weighted by molar-refractivity contribution is 5.93. The number of hydrogen-bond donors (Lipinski definition) is 6. The summed E-state index contributed by atoms with van der Waals surface area (Å²) in [6, 6.07) is -2.55. The van der Waals surface area contributed by atoms with E-state index in [1.165, 1.54) is 6.92 Å². The molecule has 8 N–H and O–H groups in total. The van der Waals surface area contributed by atoms with Gasteiger partial charge in [0.2, 0.25) is 23.6 Å². The van der Waals surface area contributed by atoms with Crippen LogP contribution in [0.15, 0.2) is 12.4 Å². The molecule has 0 saturated heterocycles. The first-order valence-electron chi connectivity index (χ1n) is 10.5. The first-order valence-corrected chi connectivity index (χ1v) is 10.5. The third kappa shape index (κ3) is 9.62. The molecule has 10 nitrogen and oxygen atoms in total. The summed E-state index contributed by atoms with van der Waals surface area (Å²) in [5, 5.41) is 10.7. The van der Waals surface area contributed by atoms with Crippen LogP contribution in [0.3, 0.4) is 0 Å². The molecule has 1 fully saturated rings. The van der Waals surface area contributed by atoms with Crippen LogP contribution in [0.25, 0.3) is 0 Å². The van der Waals surface area contributed by atoms with E-state index in [4.69, 9.17) is 11.5 Å². The second-order valence-corrected chi connectivity index (χ2v) is 7.93. The highest BCUT2D eigenvalue weighted by Gasteiger charge is 2.26. The SMILES string of the molecule is C=C(N)NCCC[C@H](NC(=O)[C@H](C)NC(=O)CC1CCCC1)C(=O)N[C@@H](C)C(N)=O. The zero-order chi connectivity index (χ0) is 22.7. The Morgan fingerprint density at radius 1 is 0.967 bits per heavy atom. The van der Waals surface area contributed by atoms with Crippen LogP contribution < -0.4 is 32.7 Å². The minimum Gasteiger partial charge on any atom is -0.386 e. The lowest BCUT2D eigenvalue weighted by atomic mass is 10.0. The number of amides is 4. The number of nitrogens with one attached hydrogen (secondary N) is 4. The van der Waals surface area contributed by atoms with E-state index in [2.05, 4.69) is 27.8 Å². The monoisotopic (exact) mass is 424 g/mol. The third-order valence-corrected chi connectivity index (χ3v) is 5.16. The Morgan fingerprint density at radius 2 is 1.60 bits per heavy atom. The Bertz CT molecular complexity index is 633. The average molecular weight is 425 g/mol. The second-order valence-electron chi connectivity index (χ2n) is 7.93. The van der Waals surface area contributed by atoms with Gasteiger partial charge in [-0.1, -0.05) is 19.4 Å². The molecule has 4 amide bonds. The molecule has 1 saturated carbocycles. The van der Waals surface area contributed by atoms with Crippen molar-refractivity contribution in [3.8, 4) is 0 Å². The summed E-state index contributed by atoms with van der Waals surface area (Å²) in [5.74, 6) is -1.16. The molecule has 0 radical (unpaired) electrons. The van der Waals surface area contributed by atoms with Crippen LogP contribution in [0.4, 0.5) is 0 Å². The van der Waals surface area contributed by atoms with E-state index in [9.17, 15) is 19.2 Å². The standard InChI is InChI=1S/C20H36N6O4/c1-12(18(22)28)25-20(30)16(9-6-10-23-14(3)21)26-19(29)13(2)24-17(27)11-15-7-4-5-8-15/h12-13,15-16,23H,3-11,21H2,1-2H3,(H2,22,28)(H,24,27)(H,25,30)(H,26,29)/t12-,13-,16-/m0/s1. The largest absolute Gasteiger partial charge is 0.386 e. The number of carbonyl (C=O) groups excluding carboxylic acids is 4. The van der Waals surface area contributed by atoms with Gasteiger partial charge >= 0.3 is 0 Å². The van der Waals surface area contributed by atoms with Crippen molar-refractivity contribution < 1.29 is 19.2 Å². The van der Waals surface area contributed by atoms with Gasteiger partial charge in [-0.25, -0.2) is 0 Å². The van der Waals surface area contributed by atoms with Gasteiger partial charge in [0.15, 0.2) is 0 Å². The first kappa shape index (κ1) is 25.3. The highest BCUT2D eigenvalue weighted by Crippen LogP contribution is 2.27. The molecule has 30 heavy (non-hydrogen) atoms. The normalized spacial score (nSPS) is 16.7. The zero-order valence-corrected chi connectivity index (χ0v) is 18.0. The van der Waals surface area contributed by atoms with Crippen LogP contribution in [-0.2, 0) is 19.2 Å². The second kappa shape index (κ2) is 12.7. The van der Waals surface area contributed by atoms with Gasteiger partial charge < -0.3 is 32.7 Å². The molecule has 0 aromatic carbocycles. The van der Waals surface area contributed by atoms with Gasteiger partial charge in [0.1, 0.15) is 18.1 Å². The number of carbonyl (C=O) groups is 4. The Labute approximate surface area is 178 Å². The number of primary amides is 1. The minimum atomic E-state index is -0.888. The van der Waals surface area contributed by atoms with Crippen molar-refractivity contribution in [1.82, 2.24) is 21.3 Å². The molecular formula is C20H36N6O4. The molecule has 1 aliphatic rings. The topological polar surface area (TPSA) is 168 Å². The fourth-order valence-electron chi connectivity index (χ4n) is 3.35. The molecule has 0 unspecified atom stereocenters. The Hall–Kier alpha value is -2.78. The van der Waals surface area contributed by atoms with Crippen LogP contribution in [0, 0.1) is 5.92 Å². The summed E-state index contributed by atoms with van der Waals surface area (Å²) < 4.78 is 0. The molecule has 3 atom stereocenters. The smallest absolute Gasteiger partial charge is 0.243 e. The number of rotatable bonds is 13. The first-order chi connectivity index (χ1) is 14.1. The van der Waals surface area contributed by atoms with Crippen molar-refractivity contribution in [2.45, 2.75) is 76.9 Å².